The monoisotopic (exact) mass is 499 g/mol. The molecule has 0 unspecified atom stereocenters. The number of hydrogen-bond donors (Lipinski definition) is 1. The van der Waals surface area contributed by atoms with Crippen LogP contribution in [0.15, 0.2) is 41.6 Å². The highest BCUT2D eigenvalue weighted by atomic mass is 35.5. The fraction of sp³-hybridized carbons (Fsp3) is 0.211. The first-order chi connectivity index (χ1) is 15.3. The van der Waals surface area contributed by atoms with Gasteiger partial charge in [0.2, 0.25) is 5.91 Å². The van der Waals surface area contributed by atoms with Crippen molar-refractivity contribution >= 4 is 52.2 Å². The third-order valence-electron chi connectivity index (χ3n) is 4.14. The number of nitrogens with zero attached hydrogens (tertiary/aromatic N) is 4. The van der Waals surface area contributed by atoms with Crippen LogP contribution in [0.3, 0.4) is 0 Å². The van der Waals surface area contributed by atoms with Crippen LogP contribution in [0.1, 0.15) is 12.7 Å². The molecular formula is C19H16Cl2FN5O4S. The van der Waals surface area contributed by atoms with E-state index in [1.165, 1.54) is 36.4 Å². The second kappa shape index (κ2) is 10.6. The van der Waals surface area contributed by atoms with Crippen LogP contribution in [0, 0.1) is 15.9 Å². The summed E-state index contributed by atoms with van der Waals surface area (Å²) in [6.07, 6.45) is 0. The molecule has 9 nitrogen and oxygen atoms in total. The molecule has 0 spiro atoms. The van der Waals surface area contributed by atoms with E-state index in [0.717, 1.165) is 11.8 Å². The third kappa shape index (κ3) is 5.87. The number of rotatable bonds is 9. The Kier molecular flexibility index (Phi) is 7.89. The lowest BCUT2D eigenvalue weighted by Crippen LogP contribution is -2.15. The first-order valence-electron chi connectivity index (χ1n) is 9.15. The van der Waals surface area contributed by atoms with Crippen molar-refractivity contribution in [2.75, 3.05) is 11.1 Å². The number of halogens is 3. The van der Waals surface area contributed by atoms with E-state index < -0.39 is 16.6 Å². The molecule has 0 saturated carbocycles. The van der Waals surface area contributed by atoms with Gasteiger partial charge in [-0.05, 0) is 25.1 Å². The quantitative estimate of drug-likeness (QED) is 0.251. The van der Waals surface area contributed by atoms with E-state index in [-0.39, 0.29) is 33.8 Å². The fourth-order valence-electron chi connectivity index (χ4n) is 2.60. The molecule has 3 aromatic rings. The molecule has 1 heterocycles. The van der Waals surface area contributed by atoms with Gasteiger partial charge in [-0.3, -0.25) is 14.9 Å². The number of thioether (sulfide) groups is 1. The summed E-state index contributed by atoms with van der Waals surface area (Å²) in [6.45, 7) is 2.48. The summed E-state index contributed by atoms with van der Waals surface area (Å²) in [7, 11) is 0. The molecule has 0 aliphatic heterocycles. The van der Waals surface area contributed by atoms with Gasteiger partial charge in [-0.1, -0.05) is 35.0 Å². The maximum atomic E-state index is 13.3. The Morgan fingerprint density at radius 3 is 2.72 bits per heavy atom. The number of ether oxygens (including phenoxy) is 1. The number of anilines is 1. The van der Waals surface area contributed by atoms with Crippen molar-refractivity contribution < 1.29 is 18.8 Å². The van der Waals surface area contributed by atoms with Gasteiger partial charge in [0.25, 0.3) is 5.69 Å². The molecule has 2 aromatic carbocycles. The first kappa shape index (κ1) is 23.8. The van der Waals surface area contributed by atoms with Crippen LogP contribution in [-0.2, 0) is 17.9 Å². The topological polar surface area (TPSA) is 112 Å². The summed E-state index contributed by atoms with van der Waals surface area (Å²) in [5.74, 6) is -0.0889. The van der Waals surface area contributed by atoms with Crippen molar-refractivity contribution in [2.24, 2.45) is 0 Å². The van der Waals surface area contributed by atoms with E-state index in [0.29, 0.717) is 23.3 Å². The molecule has 0 aliphatic carbocycles. The number of amides is 1. The van der Waals surface area contributed by atoms with Gasteiger partial charge < -0.3 is 14.6 Å². The maximum Gasteiger partial charge on any atom is 0.271 e. The van der Waals surface area contributed by atoms with Crippen molar-refractivity contribution in [3.05, 3.63) is 68.2 Å². The minimum absolute atomic E-state index is 0.0222. The van der Waals surface area contributed by atoms with Gasteiger partial charge in [-0.25, -0.2) is 4.39 Å². The molecule has 1 amide bonds. The van der Waals surface area contributed by atoms with Gasteiger partial charge in [0, 0.05) is 24.7 Å². The molecule has 0 radical (unpaired) electrons. The number of nitro groups is 1. The molecule has 0 atom stereocenters. The van der Waals surface area contributed by atoms with Crippen molar-refractivity contribution in [2.45, 2.75) is 25.2 Å². The second-order valence-corrected chi connectivity index (χ2v) is 8.02. The number of carbonyl (C=O) groups excluding carboxylic acids is 1. The van der Waals surface area contributed by atoms with Crippen LogP contribution in [0.5, 0.6) is 5.75 Å². The lowest BCUT2D eigenvalue weighted by atomic mass is 10.3. The van der Waals surface area contributed by atoms with Gasteiger partial charge in [0.1, 0.15) is 18.2 Å². The molecule has 0 fully saturated rings. The normalized spacial score (nSPS) is 10.8. The van der Waals surface area contributed by atoms with Crippen LogP contribution in [-0.4, -0.2) is 31.3 Å². The average molecular weight is 500 g/mol. The van der Waals surface area contributed by atoms with Crippen LogP contribution in [0.25, 0.3) is 0 Å². The number of nitro benzene ring substituents is 1. The van der Waals surface area contributed by atoms with Gasteiger partial charge in [-0.2, -0.15) is 0 Å². The minimum Gasteiger partial charge on any atom is -0.486 e. The zero-order valence-electron chi connectivity index (χ0n) is 16.5. The second-order valence-electron chi connectivity index (χ2n) is 6.27. The number of hydrogen-bond acceptors (Lipinski definition) is 7. The maximum absolute atomic E-state index is 13.3. The summed E-state index contributed by atoms with van der Waals surface area (Å²) in [4.78, 5) is 22.6. The minimum atomic E-state index is -0.575. The fourth-order valence-corrected chi connectivity index (χ4v) is 3.76. The Balaban J connectivity index is 1.61. The molecule has 0 bridgehead atoms. The van der Waals surface area contributed by atoms with Crippen LogP contribution >= 0.6 is 35.0 Å². The summed E-state index contributed by atoms with van der Waals surface area (Å²) in [5, 5.41) is 22.2. The van der Waals surface area contributed by atoms with Crippen molar-refractivity contribution in [1.82, 2.24) is 14.8 Å². The standard InChI is InChI=1S/C19H16Cl2FN5O4S/c1-2-26-17(9-31-12-4-6-15(22)14(21)8-12)24-25-19(26)32-10-18(28)23-16-7-11(27(29)30)3-5-13(16)20/h3-8H,2,9-10H2,1H3,(H,23,28). The van der Waals surface area contributed by atoms with E-state index >= 15 is 0 Å². The SMILES string of the molecule is CCn1c(COc2ccc(F)c(Cl)c2)nnc1SCC(=O)Nc1cc([N+](=O)[O-])ccc1Cl. The predicted molar refractivity (Wildman–Crippen MR) is 119 cm³/mol. The average Bonchev–Trinajstić information content (AvgIpc) is 3.16. The first-order valence-corrected chi connectivity index (χ1v) is 10.9. The molecule has 168 valence electrons. The van der Waals surface area contributed by atoms with Crippen molar-refractivity contribution in [1.29, 1.82) is 0 Å². The Bertz CT molecular complexity index is 1160. The molecule has 0 aliphatic rings. The smallest absolute Gasteiger partial charge is 0.271 e. The number of non-ortho nitro benzene ring substituents is 1. The largest absolute Gasteiger partial charge is 0.486 e. The number of benzene rings is 2. The van der Waals surface area contributed by atoms with Gasteiger partial charge >= 0.3 is 0 Å². The Labute approximate surface area is 196 Å². The number of aromatic nitrogens is 3. The zero-order valence-corrected chi connectivity index (χ0v) is 18.9. The summed E-state index contributed by atoms with van der Waals surface area (Å²) < 4.78 is 20.6. The summed E-state index contributed by atoms with van der Waals surface area (Å²) in [6, 6.07) is 7.80. The summed E-state index contributed by atoms with van der Waals surface area (Å²) in [5.41, 5.74) is -0.0364. The highest BCUT2D eigenvalue weighted by Gasteiger charge is 2.16. The molecule has 1 N–H and O–H groups in total. The lowest BCUT2D eigenvalue weighted by molar-refractivity contribution is -0.384. The molecule has 32 heavy (non-hydrogen) atoms. The summed E-state index contributed by atoms with van der Waals surface area (Å²) >= 11 is 12.9. The molecule has 3 rings (SSSR count). The number of carbonyl (C=O) groups is 1. The molecule has 0 saturated heterocycles. The van der Waals surface area contributed by atoms with Crippen LogP contribution in [0.2, 0.25) is 10.0 Å². The van der Waals surface area contributed by atoms with Crippen molar-refractivity contribution in [3.8, 4) is 5.75 Å². The van der Waals surface area contributed by atoms with E-state index in [4.69, 9.17) is 27.9 Å². The molecular weight excluding hydrogens is 484 g/mol. The Morgan fingerprint density at radius 1 is 1.25 bits per heavy atom. The van der Waals surface area contributed by atoms with Gasteiger partial charge in [0.15, 0.2) is 11.0 Å². The Hall–Kier alpha value is -2.89. The Morgan fingerprint density at radius 2 is 2.03 bits per heavy atom. The van der Waals surface area contributed by atoms with Gasteiger partial charge in [-0.15, -0.1) is 10.2 Å². The molecule has 13 heteroatoms. The highest BCUT2D eigenvalue weighted by Crippen LogP contribution is 2.27. The predicted octanol–water partition coefficient (Wildman–Crippen LogP) is 4.96. The zero-order chi connectivity index (χ0) is 23.3. The third-order valence-corrected chi connectivity index (χ3v) is 5.72. The van der Waals surface area contributed by atoms with Crippen LogP contribution < -0.4 is 10.1 Å². The van der Waals surface area contributed by atoms with E-state index in [1.54, 1.807) is 4.57 Å². The van der Waals surface area contributed by atoms with E-state index in [9.17, 15) is 19.3 Å². The van der Waals surface area contributed by atoms with E-state index in [1.807, 2.05) is 6.92 Å². The highest BCUT2D eigenvalue weighted by molar-refractivity contribution is 7.99. The number of nitrogens with one attached hydrogen (secondary N) is 1. The van der Waals surface area contributed by atoms with E-state index in [2.05, 4.69) is 15.5 Å². The lowest BCUT2D eigenvalue weighted by Gasteiger charge is -2.10. The van der Waals surface area contributed by atoms with Crippen molar-refractivity contribution in [3.63, 3.8) is 0 Å². The van der Waals surface area contributed by atoms with Gasteiger partial charge in [0.05, 0.1) is 26.4 Å². The van der Waals surface area contributed by atoms with Crippen LogP contribution in [0.4, 0.5) is 15.8 Å². The molecule has 1 aromatic heterocycles.